The minimum absolute atomic E-state index is 0.526. The molecule has 7 heteroatoms. The van der Waals surface area contributed by atoms with Gasteiger partial charge in [0.1, 0.15) is 24.4 Å². The second-order valence-electron chi connectivity index (χ2n) is 7.74. The quantitative estimate of drug-likeness (QED) is 0.505. The number of benzene rings is 2. The minimum Gasteiger partial charge on any atom is -0.394 e. The maximum Gasteiger partial charge on any atom is 0.225 e. The van der Waals surface area contributed by atoms with E-state index >= 15 is 0 Å². The lowest BCUT2D eigenvalue weighted by Crippen LogP contribution is -2.64. The first-order chi connectivity index (χ1) is 14.3. The van der Waals surface area contributed by atoms with Crippen LogP contribution >= 0.6 is 15.9 Å². The number of hydrogen-bond donors (Lipinski definition) is 4. The van der Waals surface area contributed by atoms with Gasteiger partial charge in [-0.1, -0.05) is 47.1 Å². The Bertz CT molecular complexity index is 869. The Labute approximate surface area is 185 Å². The van der Waals surface area contributed by atoms with Crippen LogP contribution in [0.25, 0.3) is 0 Å². The molecule has 0 aliphatic carbocycles. The van der Waals surface area contributed by atoms with Crippen molar-refractivity contribution in [2.24, 2.45) is 0 Å². The van der Waals surface area contributed by atoms with Crippen LogP contribution in [0.15, 0.2) is 40.9 Å². The average Bonchev–Trinajstić information content (AvgIpc) is 2.75. The van der Waals surface area contributed by atoms with E-state index < -0.39 is 36.8 Å². The van der Waals surface area contributed by atoms with Crippen LogP contribution in [-0.4, -0.2) is 58.6 Å². The largest absolute Gasteiger partial charge is 0.394 e. The highest BCUT2D eigenvalue weighted by Crippen LogP contribution is 2.42. The lowest BCUT2D eigenvalue weighted by molar-refractivity contribution is -0.366. The summed E-state index contributed by atoms with van der Waals surface area (Å²) in [5, 5.41) is 40.9. The number of methoxy groups -OCH3 is 1. The summed E-state index contributed by atoms with van der Waals surface area (Å²) in [7, 11) is 1.37. The summed E-state index contributed by atoms with van der Waals surface area (Å²) in [5.41, 5.74) is 4.65. The molecule has 0 bridgehead atoms. The first-order valence-electron chi connectivity index (χ1n) is 10.0. The van der Waals surface area contributed by atoms with Crippen LogP contribution in [0.1, 0.15) is 34.7 Å². The zero-order chi connectivity index (χ0) is 22.1. The summed E-state index contributed by atoms with van der Waals surface area (Å²) in [6.07, 6.45) is -4.00. The Balaban J connectivity index is 2.04. The lowest BCUT2D eigenvalue weighted by Gasteiger charge is -2.48. The Kier molecular flexibility index (Phi) is 7.35. The van der Waals surface area contributed by atoms with Crippen molar-refractivity contribution >= 4 is 15.9 Å². The summed E-state index contributed by atoms with van der Waals surface area (Å²) in [6.45, 7) is 3.44. The molecule has 1 aliphatic rings. The Morgan fingerprint density at radius 3 is 2.27 bits per heavy atom. The first-order valence-corrected chi connectivity index (χ1v) is 10.8. The van der Waals surface area contributed by atoms with E-state index in [1.54, 1.807) is 0 Å². The molecule has 3 rings (SSSR count). The van der Waals surface area contributed by atoms with Crippen molar-refractivity contribution in [3.63, 3.8) is 0 Å². The van der Waals surface area contributed by atoms with Crippen molar-refractivity contribution in [1.29, 1.82) is 0 Å². The fourth-order valence-electron chi connectivity index (χ4n) is 3.98. The van der Waals surface area contributed by atoms with E-state index in [0.717, 1.165) is 27.6 Å². The molecule has 1 aliphatic heterocycles. The number of aliphatic hydroxyl groups is 4. The summed E-state index contributed by atoms with van der Waals surface area (Å²) >= 11 is 3.62. The van der Waals surface area contributed by atoms with Crippen LogP contribution in [0.5, 0.6) is 0 Å². The molecule has 0 aromatic heterocycles. The third-order valence-electron chi connectivity index (χ3n) is 5.85. The predicted molar refractivity (Wildman–Crippen MR) is 116 cm³/mol. The van der Waals surface area contributed by atoms with E-state index in [2.05, 4.69) is 47.1 Å². The summed E-state index contributed by atoms with van der Waals surface area (Å²) < 4.78 is 12.4. The van der Waals surface area contributed by atoms with E-state index in [9.17, 15) is 20.4 Å². The third-order valence-corrected chi connectivity index (χ3v) is 6.59. The summed E-state index contributed by atoms with van der Waals surface area (Å²) in [5.74, 6) is -1.72. The molecule has 1 fully saturated rings. The molecule has 2 aromatic rings. The molecular formula is C23H29BrO6. The van der Waals surface area contributed by atoms with Gasteiger partial charge in [-0.15, -0.1) is 0 Å². The van der Waals surface area contributed by atoms with Crippen LogP contribution in [0.4, 0.5) is 0 Å². The standard InChI is InChI=1S/C23H29BrO6/c1-4-14-5-7-15(8-6-14)10-16-11-17(13(2)9-18(16)24)23(29-3)22(28)21(27)20(26)19(12-25)30-23/h5-9,11,19-22,25-28H,4,10,12H2,1-3H3/t19-,20-,21+,22-,23+/m1/s1. The van der Waals surface area contributed by atoms with E-state index in [1.165, 1.54) is 12.7 Å². The minimum atomic E-state index is -1.72. The van der Waals surface area contributed by atoms with Crippen LogP contribution in [0.3, 0.4) is 0 Å². The van der Waals surface area contributed by atoms with Gasteiger partial charge in [-0.3, -0.25) is 0 Å². The molecule has 4 N–H and O–H groups in total. The number of aliphatic hydroxyl groups excluding tert-OH is 4. The number of aryl methyl sites for hydroxylation is 2. The lowest BCUT2D eigenvalue weighted by atomic mass is 9.85. The molecule has 30 heavy (non-hydrogen) atoms. The highest BCUT2D eigenvalue weighted by molar-refractivity contribution is 9.10. The first kappa shape index (κ1) is 23.3. The monoisotopic (exact) mass is 480 g/mol. The molecule has 0 saturated carbocycles. The fourth-order valence-corrected chi connectivity index (χ4v) is 4.58. The predicted octanol–water partition coefficient (Wildman–Crippen LogP) is 2.18. The molecule has 6 nitrogen and oxygen atoms in total. The van der Waals surface area contributed by atoms with Gasteiger partial charge in [-0.25, -0.2) is 0 Å². The smallest absolute Gasteiger partial charge is 0.225 e. The van der Waals surface area contributed by atoms with E-state index in [1.807, 2.05) is 19.1 Å². The second kappa shape index (κ2) is 9.44. The second-order valence-corrected chi connectivity index (χ2v) is 8.60. The van der Waals surface area contributed by atoms with E-state index in [4.69, 9.17) is 9.47 Å². The molecule has 1 heterocycles. The zero-order valence-electron chi connectivity index (χ0n) is 17.4. The van der Waals surface area contributed by atoms with Gasteiger partial charge in [0.2, 0.25) is 5.79 Å². The van der Waals surface area contributed by atoms with Gasteiger partial charge < -0.3 is 29.9 Å². The zero-order valence-corrected chi connectivity index (χ0v) is 19.0. The fraction of sp³-hybridized carbons (Fsp3) is 0.478. The molecule has 164 valence electrons. The summed E-state index contributed by atoms with van der Waals surface area (Å²) in [4.78, 5) is 0. The molecule has 5 atom stereocenters. The summed E-state index contributed by atoms with van der Waals surface area (Å²) in [6, 6.07) is 12.2. The van der Waals surface area contributed by atoms with Crippen LogP contribution in [-0.2, 0) is 28.1 Å². The van der Waals surface area contributed by atoms with Gasteiger partial charge in [0.15, 0.2) is 0 Å². The van der Waals surface area contributed by atoms with Crippen LogP contribution in [0.2, 0.25) is 0 Å². The number of hydrogen-bond acceptors (Lipinski definition) is 6. The number of rotatable bonds is 6. The molecule has 1 saturated heterocycles. The van der Waals surface area contributed by atoms with E-state index in [-0.39, 0.29) is 0 Å². The topological polar surface area (TPSA) is 99.4 Å². The molecular weight excluding hydrogens is 452 g/mol. The molecule has 0 unspecified atom stereocenters. The van der Waals surface area contributed by atoms with Gasteiger partial charge in [0, 0.05) is 17.1 Å². The average molecular weight is 481 g/mol. The van der Waals surface area contributed by atoms with E-state index in [0.29, 0.717) is 12.0 Å². The Morgan fingerprint density at radius 1 is 1.07 bits per heavy atom. The van der Waals surface area contributed by atoms with Crippen molar-refractivity contribution < 1.29 is 29.9 Å². The maximum atomic E-state index is 10.8. The van der Waals surface area contributed by atoms with Crippen molar-refractivity contribution in [1.82, 2.24) is 0 Å². The van der Waals surface area contributed by atoms with Gasteiger partial charge in [-0.05, 0) is 54.2 Å². The SMILES string of the molecule is CCc1ccc(Cc2cc([C@]3(OC)O[C@H](CO)[C@@H](O)[C@H](O)[C@H]3O)c(C)cc2Br)cc1. The Hall–Kier alpha value is -1.32. The highest BCUT2D eigenvalue weighted by atomic mass is 79.9. The molecule has 0 amide bonds. The highest BCUT2D eigenvalue weighted by Gasteiger charge is 2.55. The molecule has 2 aromatic carbocycles. The van der Waals surface area contributed by atoms with Gasteiger partial charge in [0.25, 0.3) is 0 Å². The van der Waals surface area contributed by atoms with Gasteiger partial charge in [-0.2, -0.15) is 0 Å². The Morgan fingerprint density at radius 2 is 1.70 bits per heavy atom. The van der Waals surface area contributed by atoms with Gasteiger partial charge in [0.05, 0.1) is 6.61 Å². The van der Waals surface area contributed by atoms with Crippen LogP contribution in [0, 0.1) is 6.92 Å². The van der Waals surface area contributed by atoms with Crippen molar-refractivity contribution in [2.45, 2.75) is 56.9 Å². The van der Waals surface area contributed by atoms with Crippen molar-refractivity contribution in [3.05, 3.63) is 68.7 Å². The molecule has 0 radical (unpaired) electrons. The maximum absolute atomic E-state index is 10.8. The number of halogens is 1. The number of ether oxygens (including phenoxy) is 2. The molecule has 0 spiro atoms. The van der Waals surface area contributed by atoms with Crippen molar-refractivity contribution in [2.75, 3.05) is 13.7 Å². The normalized spacial score (nSPS) is 29.2. The van der Waals surface area contributed by atoms with Crippen molar-refractivity contribution in [3.8, 4) is 0 Å². The third kappa shape index (κ3) is 4.21. The van der Waals surface area contributed by atoms with Gasteiger partial charge >= 0.3 is 0 Å². The van der Waals surface area contributed by atoms with Crippen LogP contribution < -0.4 is 0 Å².